The molecule has 10 heteroatoms. The maximum absolute atomic E-state index is 13.9. The van der Waals surface area contributed by atoms with E-state index < -0.39 is 51.8 Å². The van der Waals surface area contributed by atoms with Gasteiger partial charge in [-0.2, -0.15) is 29.0 Å². The van der Waals surface area contributed by atoms with E-state index in [9.17, 15) is 29.0 Å². The van der Waals surface area contributed by atoms with Crippen LogP contribution in [-0.4, -0.2) is 5.90 Å². The van der Waals surface area contributed by atoms with Crippen molar-refractivity contribution in [1.29, 1.82) is 21.2 Å². The molecule has 2 heterocycles. The van der Waals surface area contributed by atoms with Gasteiger partial charge in [-0.1, -0.05) is 48.9 Å². The molecular formula is C23H14ClF3N4O2. The van der Waals surface area contributed by atoms with Crippen molar-refractivity contribution in [3.8, 4) is 18.2 Å². The number of fused-ring (bicyclic) bond motifs is 2. The average molecular weight is 471 g/mol. The van der Waals surface area contributed by atoms with E-state index in [-0.39, 0.29) is 10.6 Å². The molecular weight excluding hydrogens is 457 g/mol. The predicted octanol–water partition coefficient (Wildman–Crippen LogP) is 5.47. The summed E-state index contributed by atoms with van der Waals surface area (Å²) in [5.41, 5.74) is -6.13. The van der Waals surface area contributed by atoms with Gasteiger partial charge in [0.15, 0.2) is 5.41 Å². The molecule has 2 aliphatic rings. The van der Waals surface area contributed by atoms with Gasteiger partial charge in [0.05, 0.1) is 29.7 Å². The van der Waals surface area contributed by atoms with Crippen LogP contribution >= 0.6 is 11.6 Å². The summed E-state index contributed by atoms with van der Waals surface area (Å²) < 4.78 is 53.6. The standard InChI is InChI=1S/C23H14ClF3N4O2/c1-13-21(12-30)19(31)33-22(13,14-5-4-6-15(24)9-14)32-18(20(21,10-28)11-29)16-7-2-3-8-17(16)23(25,26)27/h2-9,13,18,31H,1H3. The van der Waals surface area contributed by atoms with E-state index in [0.29, 0.717) is 0 Å². The first kappa shape index (κ1) is 22.6. The minimum absolute atomic E-state index is 0.239. The minimum Gasteiger partial charge on any atom is -0.443 e. The summed E-state index contributed by atoms with van der Waals surface area (Å²) >= 11 is 6.12. The number of nitriles is 3. The molecule has 0 amide bonds. The average Bonchev–Trinajstić information content (AvgIpc) is 2.95. The van der Waals surface area contributed by atoms with Crippen LogP contribution in [0.3, 0.4) is 0 Å². The maximum atomic E-state index is 13.9. The quantitative estimate of drug-likeness (QED) is 0.625. The van der Waals surface area contributed by atoms with Crippen LogP contribution in [0.5, 0.6) is 0 Å². The highest BCUT2D eigenvalue weighted by atomic mass is 35.5. The third-order valence-electron chi connectivity index (χ3n) is 6.44. The van der Waals surface area contributed by atoms with Gasteiger partial charge in [-0.05, 0) is 23.8 Å². The second kappa shape index (κ2) is 7.22. The molecule has 2 aromatic carbocycles. The van der Waals surface area contributed by atoms with Gasteiger partial charge in [0, 0.05) is 10.6 Å². The Morgan fingerprint density at radius 1 is 1.03 bits per heavy atom. The number of hydrogen-bond donors (Lipinski definition) is 1. The number of alkyl halides is 3. The lowest BCUT2D eigenvalue weighted by atomic mass is 9.53. The van der Waals surface area contributed by atoms with Crippen LogP contribution in [0.1, 0.15) is 29.7 Å². The summed E-state index contributed by atoms with van der Waals surface area (Å²) in [7, 11) is 0. The van der Waals surface area contributed by atoms with E-state index in [4.69, 9.17) is 26.5 Å². The largest absolute Gasteiger partial charge is 0.443 e. The lowest BCUT2D eigenvalue weighted by Crippen LogP contribution is -2.57. The zero-order valence-electron chi connectivity index (χ0n) is 16.9. The molecule has 4 unspecified atom stereocenters. The predicted molar refractivity (Wildman–Crippen MR) is 108 cm³/mol. The number of nitrogens with one attached hydrogen (secondary N) is 1. The van der Waals surface area contributed by atoms with Gasteiger partial charge in [-0.25, -0.2) is 0 Å². The molecule has 0 radical (unpaired) electrons. The lowest BCUT2D eigenvalue weighted by molar-refractivity contribution is -0.289. The van der Waals surface area contributed by atoms with E-state index >= 15 is 0 Å². The molecule has 0 aliphatic carbocycles. The fourth-order valence-corrected chi connectivity index (χ4v) is 5.03. The second-order valence-electron chi connectivity index (χ2n) is 7.87. The molecule has 2 bridgehead atoms. The number of benzene rings is 2. The Kier molecular flexibility index (Phi) is 4.94. The first-order valence-electron chi connectivity index (χ1n) is 9.66. The first-order valence-corrected chi connectivity index (χ1v) is 10.0. The third kappa shape index (κ3) is 2.72. The normalized spacial score (nSPS) is 29.9. The van der Waals surface area contributed by atoms with Gasteiger partial charge in [-0.3, -0.25) is 5.41 Å². The van der Waals surface area contributed by atoms with Crippen molar-refractivity contribution in [3.05, 3.63) is 70.2 Å². The Morgan fingerprint density at radius 3 is 2.27 bits per heavy atom. The fourth-order valence-electron chi connectivity index (χ4n) is 4.84. The SMILES string of the molecule is CC1C2(c3cccc(Cl)c3)OC(=N)C1(C#N)C(C#N)(C#N)C(c1ccccc1C(F)(F)F)O2. The van der Waals surface area contributed by atoms with Gasteiger partial charge in [-0.15, -0.1) is 0 Å². The molecule has 2 aliphatic heterocycles. The van der Waals surface area contributed by atoms with Crippen molar-refractivity contribution in [1.82, 2.24) is 0 Å². The number of rotatable bonds is 2. The summed E-state index contributed by atoms with van der Waals surface area (Å²) in [6.45, 7) is 1.46. The van der Waals surface area contributed by atoms with E-state index in [0.717, 1.165) is 18.2 Å². The minimum atomic E-state index is -4.84. The molecule has 2 fully saturated rings. The number of halogens is 4. The summed E-state index contributed by atoms with van der Waals surface area (Å²) in [6.07, 6.45) is -6.71. The van der Waals surface area contributed by atoms with Crippen molar-refractivity contribution < 1.29 is 22.6 Å². The van der Waals surface area contributed by atoms with Crippen LogP contribution in [0.15, 0.2) is 48.5 Å². The zero-order chi connectivity index (χ0) is 24.2. The topological polar surface area (TPSA) is 114 Å². The number of nitrogens with zero attached hydrogens (tertiary/aromatic N) is 3. The van der Waals surface area contributed by atoms with E-state index in [1.165, 1.54) is 25.1 Å². The third-order valence-corrected chi connectivity index (χ3v) is 6.68. The maximum Gasteiger partial charge on any atom is 0.416 e. The summed E-state index contributed by atoms with van der Waals surface area (Å²) in [5.74, 6) is -3.78. The van der Waals surface area contributed by atoms with Crippen molar-refractivity contribution in [2.75, 3.05) is 0 Å². The smallest absolute Gasteiger partial charge is 0.416 e. The highest BCUT2D eigenvalue weighted by molar-refractivity contribution is 6.30. The van der Waals surface area contributed by atoms with Crippen LogP contribution in [-0.2, 0) is 21.4 Å². The monoisotopic (exact) mass is 470 g/mol. The van der Waals surface area contributed by atoms with Gasteiger partial charge in [0.25, 0.3) is 0 Å². The number of ether oxygens (including phenoxy) is 2. The second-order valence-corrected chi connectivity index (χ2v) is 8.30. The van der Waals surface area contributed by atoms with Gasteiger partial charge in [0.2, 0.25) is 17.1 Å². The molecule has 166 valence electrons. The highest BCUT2D eigenvalue weighted by Crippen LogP contribution is 2.69. The summed E-state index contributed by atoms with van der Waals surface area (Å²) in [5, 5.41) is 39.3. The Labute approximate surface area is 191 Å². The summed E-state index contributed by atoms with van der Waals surface area (Å²) in [4.78, 5) is 0. The Bertz CT molecular complexity index is 1280. The van der Waals surface area contributed by atoms with E-state index in [1.807, 2.05) is 6.07 Å². The van der Waals surface area contributed by atoms with E-state index in [2.05, 4.69) is 0 Å². The van der Waals surface area contributed by atoms with E-state index in [1.54, 1.807) is 24.3 Å². The van der Waals surface area contributed by atoms with Crippen molar-refractivity contribution in [2.24, 2.45) is 16.7 Å². The first-order chi connectivity index (χ1) is 15.5. The van der Waals surface area contributed by atoms with Crippen LogP contribution in [0.25, 0.3) is 0 Å². The van der Waals surface area contributed by atoms with Crippen LogP contribution in [0.4, 0.5) is 13.2 Å². The molecule has 0 spiro atoms. The lowest BCUT2D eigenvalue weighted by Gasteiger charge is -2.49. The molecule has 4 atom stereocenters. The van der Waals surface area contributed by atoms with Gasteiger partial charge >= 0.3 is 6.18 Å². The van der Waals surface area contributed by atoms with Crippen molar-refractivity contribution >= 4 is 17.5 Å². The molecule has 0 aromatic heterocycles. The Balaban J connectivity index is 2.09. The molecule has 2 saturated heterocycles. The number of hydrogen-bond acceptors (Lipinski definition) is 6. The highest BCUT2D eigenvalue weighted by Gasteiger charge is 2.80. The molecule has 6 nitrogen and oxygen atoms in total. The molecule has 0 saturated carbocycles. The van der Waals surface area contributed by atoms with Crippen LogP contribution in [0.2, 0.25) is 5.02 Å². The molecule has 2 aromatic rings. The van der Waals surface area contributed by atoms with Gasteiger partial charge in [0.1, 0.15) is 6.10 Å². The van der Waals surface area contributed by atoms with Gasteiger partial charge < -0.3 is 9.47 Å². The summed E-state index contributed by atoms with van der Waals surface area (Å²) in [6, 6.07) is 15.8. The zero-order valence-corrected chi connectivity index (χ0v) is 17.7. The molecule has 1 N–H and O–H groups in total. The Hall–Kier alpha value is -3.58. The van der Waals surface area contributed by atoms with Crippen LogP contribution < -0.4 is 0 Å². The fraction of sp³-hybridized carbons (Fsp3) is 0.304. The van der Waals surface area contributed by atoms with Crippen LogP contribution in [0, 0.1) is 56.2 Å². The van der Waals surface area contributed by atoms with Crippen molar-refractivity contribution in [2.45, 2.75) is 25.0 Å². The molecule has 4 rings (SSSR count). The molecule has 33 heavy (non-hydrogen) atoms. The van der Waals surface area contributed by atoms with Crippen molar-refractivity contribution in [3.63, 3.8) is 0 Å². The Morgan fingerprint density at radius 2 is 1.70 bits per heavy atom.